The van der Waals surface area contributed by atoms with Gasteiger partial charge in [0, 0.05) is 37.8 Å². The molecule has 0 heterocycles. The molecule has 0 aliphatic carbocycles. The first-order chi connectivity index (χ1) is 12.7. The predicted molar refractivity (Wildman–Crippen MR) is 103 cm³/mol. The summed E-state index contributed by atoms with van der Waals surface area (Å²) in [6.07, 6.45) is 0. The van der Waals surface area contributed by atoms with Crippen LogP contribution in [0.3, 0.4) is 0 Å². The molecule has 2 aromatic carbocycles. The van der Waals surface area contributed by atoms with Crippen molar-refractivity contribution in [3.8, 4) is 0 Å². The second-order valence-corrected chi connectivity index (χ2v) is 7.63. The van der Waals surface area contributed by atoms with Crippen LogP contribution < -0.4 is 15.4 Å². The Kier molecular flexibility index (Phi) is 6.72. The van der Waals surface area contributed by atoms with Crippen LogP contribution in [0, 0.1) is 10.1 Å². The zero-order chi connectivity index (χ0) is 20.0. The number of hydrogen-bond acceptors (Lipinski definition) is 6. The maximum Gasteiger partial charge on any atom is 0.271 e. The van der Waals surface area contributed by atoms with Crippen molar-refractivity contribution in [2.45, 2.75) is 11.8 Å². The molecule has 11 heteroatoms. The van der Waals surface area contributed by atoms with Crippen LogP contribution in [0.2, 0.25) is 5.02 Å². The number of carbonyl (C=O) groups excluding carboxylic acids is 1. The van der Waals surface area contributed by atoms with Gasteiger partial charge >= 0.3 is 0 Å². The van der Waals surface area contributed by atoms with Gasteiger partial charge in [-0.05, 0) is 30.3 Å². The predicted octanol–water partition coefficient (Wildman–Crippen LogP) is 2.60. The molecule has 144 valence electrons. The highest BCUT2D eigenvalue weighted by Crippen LogP contribution is 2.26. The van der Waals surface area contributed by atoms with Crippen LogP contribution in [0.1, 0.15) is 6.92 Å². The van der Waals surface area contributed by atoms with Crippen molar-refractivity contribution in [3.05, 3.63) is 57.6 Å². The van der Waals surface area contributed by atoms with E-state index in [-0.39, 0.29) is 34.6 Å². The number of non-ortho nitro benzene ring substituents is 1. The molecule has 0 spiro atoms. The maximum atomic E-state index is 12.2. The van der Waals surface area contributed by atoms with E-state index in [0.717, 1.165) is 0 Å². The number of benzene rings is 2. The summed E-state index contributed by atoms with van der Waals surface area (Å²) < 4.78 is 26.9. The average molecular weight is 413 g/mol. The van der Waals surface area contributed by atoms with Crippen molar-refractivity contribution in [1.82, 2.24) is 4.72 Å². The normalized spacial score (nSPS) is 11.0. The van der Waals surface area contributed by atoms with Crippen LogP contribution in [-0.2, 0) is 14.8 Å². The molecule has 0 atom stereocenters. The quantitative estimate of drug-likeness (QED) is 0.347. The lowest BCUT2D eigenvalue weighted by Crippen LogP contribution is -2.29. The zero-order valence-electron chi connectivity index (χ0n) is 14.2. The molecule has 3 N–H and O–H groups in total. The molecule has 0 aliphatic rings. The number of sulfonamides is 1. The van der Waals surface area contributed by atoms with E-state index in [1.165, 1.54) is 49.4 Å². The zero-order valence-corrected chi connectivity index (χ0v) is 15.8. The number of halogens is 1. The van der Waals surface area contributed by atoms with Crippen molar-refractivity contribution in [2.24, 2.45) is 0 Å². The molecular weight excluding hydrogens is 396 g/mol. The monoisotopic (exact) mass is 412 g/mol. The van der Waals surface area contributed by atoms with E-state index in [0.29, 0.717) is 11.4 Å². The molecule has 0 unspecified atom stereocenters. The summed E-state index contributed by atoms with van der Waals surface area (Å²) >= 11 is 5.95. The summed E-state index contributed by atoms with van der Waals surface area (Å²) in [5.41, 5.74) is 0.825. The first-order valence-electron chi connectivity index (χ1n) is 7.74. The number of rotatable bonds is 8. The lowest BCUT2D eigenvalue weighted by Gasteiger charge is -2.10. The SMILES string of the molecule is CC(=O)Nc1ccc(S(=O)(=O)NCCNc2ccc([N+](=O)[O-])cc2Cl)cc1. The highest BCUT2D eigenvalue weighted by atomic mass is 35.5. The highest BCUT2D eigenvalue weighted by molar-refractivity contribution is 7.89. The Morgan fingerprint density at radius 1 is 1.15 bits per heavy atom. The summed E-state index contributed by atoms with van der Waals surface area (Å²) in [5.74, 6) is -0.250. The fraction of sp³-hybridized carbons (Fsp3) is 0.188. The van der Waals surface area contributed by atoms with Gasteiger partial charge in [0.25, 0.3) is 5.69 Å². The third kappa shape index (κ3) is 5.91. The van der Waals surface area contributed by atoms with Crippen LogP contribution in [0.5, 0.6) is 0 Å². The van der Waals surface area contributed by atoms with Crippen molar-refractivity contribution in [1.29, 1.82) is 0 Å². The van der Waals surface area contributed by atoms with E-state index in [4.69, 9.17) is 11.6 Å². The van der Waals surface area contributed by atoms with Gasteiger partial charge in [0.1, 0.15) is 0 Å². The van der Waals surface area contributed by atoms with E-state index in [9.17, 15) is 23.3 Å². The summed E-state index contributed by atoms with van der Waals surface area (Å²) in [5, 5.41) is 16.3. The van der Waals surface area contributed by atoms with Gasteiger partial charge in [-0.1, -0.05) is 11.6 Å². The van der Waals surface area contributed by atoms with Crippen LogP contribution in [-0.4, -0.2) is 32.3 Å². The van der Waals surface area contributed by atoms with E-state index in [1.807, 2.05) is 0 Å². The van der Waals surface area contributed by atoms with E-state index < -0.39 is 14.9 Å². The van der Waals surface area contributed by atoms with Gasteiger partial charge in [-0.15, -0.1) is 0 Å². The number of nitro groups is 1. The van der Waals surface area contributed by atoms with Gasteiger partial charge in [0.05, 0.1) is 20.5 Å². The van der Waals surface area contributed by atoms with E-state index in [2.05, 4.69) is 15.4 Å². The summed E-state index contributed by atoms with van der Waals surface area (Å²) in [6, 6.07) is 9.72. The van der Waals surface area contributed by atoms with E-state index >= 15 is 0 Å². The second-order valence-electron chi connectivity index (χ2n) is 5.45. The number of nitro benzene ring substituents is 1. The summed E-state index contributed by atoms with van der Waals surface area (Å²) in [7, 11) is -3.71. The lowest BCUT2D eigenvalue weighted by atomic mass is 10.3. The van der Waals surface area contributed by atoms with Crippen molar-refractivity contribution in [3.63, 3.8) is 0 Å². The Labute approximate surface area is 160 Å². The molecule has 9 nitrogen and oxygen atoms in total. The molecule has 27 heavy (non-hydrogen) atoms. The number of carbonyl (C=O) groups is 1. The number of hydrogen-bond donors (Lipinski definition) is 3. The number of nitrogens with zero attached hydrogens (tertiary/aromatic N) is 1. The first-order valence-corrected chi connectivity index (χ1v) is 9.60. The third-order valence-electron chi connectivity index (χ3n) is 3.38. The molecule has 2 aromatic rings. The van der Waals surface area contributed by atoms with Crippen LogP contribution >= 0.6 is 11.6 Å². The Morgan fingerprint density at radius 2 is 1.81 bits per heavy atom. The largest absolute Gasteiger partial charge is 0.383 e. The van der Waals surface area contributed by atoms with Crippen molar-refractivity contribution in [2.75, 3.05) is 23.7 Å². The standard InChI is InChI=1S/C16H17ClN4O5S/c1-11(22)20-12-2-5-14(6-3-12)27(25,26)19-9-8-18-16-7-4-13(21(23)24)10-15(16)17/h2-7,10,18-19H,8-9H2,1H3,(H,20,22). The smallest absolute Gasteiger partial charge is 0.271 e. The Morgan fingerprint density at radius 3 is 2.37 bits per heavy atom. The lowest BCUT2D eigenvalue weighted by molar-refractivity contribution is -0.384. The van der Waals surface area contributed by atoms with Gasteiger partial charge in [0.15, 0.2) is 0 Å². The van der Waals surface area contributed by atoms with Gasteiger partial charge in [0.2, 0.25) is 15.9 Å². The molecule has 0 saturated heterocycles. The Balaban J connectivity index is 1.90. The Bertz CT molecular complexity index is 948. The minimum atomic E-state index is -3.71. The minimum absolute atomic E-state index is 0.0602. The van der Waals surface area contributed by atoms with Gasteiger partial charge in [-0.3, -0.25) is 14.9 Å². The Hall–Kier alpha value is -2.69. The van der Waals surface area contributed by atoms with Gasteiger partial charge in [-0.2, -0.15) is 0 Å². The maximum absolute atomic E-state index is 12.2. The highest BCUT2D eigenvalue weighted by Gasteiger charge is 2.14. The number of nitrogens with one attached hydrogen (secondary N) is 3. The molecule has 0 aromatic heterocycles. The minimum Gasteiger partial charge on any atom is -0.383 e. The summed E-state index contributed by atoms with van der Waals surface area (Å²) in [4.78, 5) is 21.1. The molecule has 0 saturated carbocycles. The van der Waals surface area contributed by atoms with E-state index in [1.54, 1.807) is 0 Å². The third-order valence-corrected chi connectivity index (χ3v) is 5.17. The molecule has 1 amide bonds. The number of anilines is 2. The first kappa shape index (κ1) is 20.6. The average Bonchev–Trinajstić information content (AvgIpc) is 2.59. The molecule has 2 rings (SSSR count). The number of amides is 1. The molecular formula is C16H17ClN4O5S. The summed E-state index contributed by atoms with van der Waals surface area (Å²) in [6.45, 7) is 1.65. The van der Waals surface area contributed by atoms with Crippen LogP contribution in [0.15, 0.2) is 47.4 Å². The van der Waals surface area contributed by atoms with Crippen molar-refractivity contribution < 1.29 is 18.1 Å². The molecule has 0 aliphatic heterocycles. The van der Waals surface area contributed by atoms with Crippen LogP contribution in [0.4, 0.5) is 17.1 Å². The van der Waals surface area contributed by atoms with Crippen molar-refractivity contribution >= 4 is 44.6 Å². The fourth-order valence-corrected chi connectivity index (χ4v) is 3.42. The van der Waals surface area contributed by atoms with Gasteiger partial charge < -0.3 is 10.6 Å². The topological polar surface area (TPSA) is 130 Å². The molecule has 0 radical (unpaired) electrons. The fourth-order valence-electron chi connectivity index (χ4n) is 2.15. The second kappa shape index (κ2) is 8.80. The van der Waals surface area contributed by atoms with Gasteiger partial charge in [-0.25, -0.2) is 13.1 Å². The molecule has 0 bridgehead atoms. The van der Waals surface area contributed by atoms with Crippen LogP contribution in [0.25, 0.3) is 0 Å². The molecule has 0 fully saturated rings.